The Kier molecular flexibility index (Phi) is 8.58. The van der Waals surface area contributed by atoms with Gasteiger partial charge in [0, 0.05) is 24.4 Å². The standard InChI is InChI=1S/C24H33FN2O4/c1-17(28)31-16-23(29)26-22-8-2-18(3-9-22)10-13-27-14-11-20(12-15-27)24(30)19-4-6-21(25)7-5-19/h4-7,18,20,22H,2-3,8-16H2,1H3,(H,26,29). The lowest BCUT2D eigenvalue weighted by atomic mass is 9.83. The first-order valence-electron chi connectivity index (χ1n) is 11.4. The second-order valence-electron chi connectivity index (χ2n) is 8.84. The van der Waals surface area contributed by atoms with E-state index in [2.05, 4.69) is 10.2 Å². The number of amides is 1. The number of esters is 1. The van der Waals surface area contributed by atoms with Crippen LogP contribution in [0.1, 0.15) is 62.2 Å². The number of likely N-dealkylation sites (tertiary alicyclic amines) is 1. The zero-order valence-corrected chi connectivity index (χ0v) is 18.3. The van der Waals surface area contributed by atoms with Gasteiger partial charge in [-0.3, -0.25) is 14.4 Å². The summed E-state index contributed by atoms with van der Waals surface area (Å²) in [5.74, 6) is -0.147. The Morgan fingerprint density at radius 2 is 1.68 bits per heavy atom. The minimum atomic E-state index is -0.442. The van der Waals surface area contributed by atoms with E-state index in [-0.39, 0.29) is 36.1 Å². The number of benzene rings is 1. The van der Waals surface area contributed by atoms with Gasteiger partial charge in [-0.25, -0.2) is 4.39 Å². The van der Waals surface area contributed by atoms with E-state index in [1.807, 2.05) is 0 Å². The molecular formula is C24H33FN2O4. The molecule has 1 aliphatic heterocycles. The van der Waals surface area contributed by atoms with Crippen molar-refractivity contribution in [2.24, 2.45) is 11.8 Å². The third-order valence-corrected chi connectivity index (χ3v) is 6.56. The molecule has 1 N–H and O–H groups in total. The molecule has 1 aromatic carbocycles. The van der Waals surface area contributed by atoms with Crippen LogP contribution in [0.2, 0.25) is 0 Å². The number of halogens is 1. The van der Waals surface area contributed by atoms with Crippen molar-refractivity contribution in [3.63, 3.8) is 0 Å². The van der Waals surface area contributed by atoms with Gasteiger partial charge in [0.15, 0.2) is 12.4 Å². The van der Waals surface area contributed by atoms with E-state index in [1.54, 1.807) is 12.1 Å². The van der Waals surface area contributed by atoms with Crippen molar-refractivity contribution in [2.45, 2.75) is 57.9 Å². The van der Waals surface area contributed by atoms with Crippen LogP contribution < -0.4 is 5.32 Å². The Bertz CT molecular complexity index is 751. The molecule has 1 aromatic rings. The van der Waals surface area contributed by atoms with Gasteiger partial charge in [-0.1, -0.05) is 0 Å². The van der Waals surface area contributed by atoms with E-state index in [0.29, 0.717) is 11.5 Å². The normalized spacial score (nSPS) is 22.6. The Labute approximate surface area is 183 Å². The number of nitrogens with zero attached hydrogens (tertiary/aromatic N) is 1. The number of nitrogens with one attached hydrogen (secondary N) is 1. The molecule has 0 aromatic heterocycles. The first-order chi connectivity index (χ1) is 14.9. The lowest BCUT2D eigenvalue weighted by Gasteiger charge is -2.34. The Balaban J connectivity index is 1.31. The fourth-order valence-electron chi connectivity index (χ4n) is 4.67. The van der Waals surface area contributed by atoms with Gasteiger partial charge in [-0.05, 0) is 94.8 Å². The quantitative estimate of drug-likeness (QED) is 0.504. The minimum absolute atomic E-state index is 0.0349. The van der Waals surface area contributed by atoms with E-state index in [1.165, 1.54) is 19.1 Å². The molecule has 1 amide bonds. The first-order valence-corrected chi connectivity index (χ1v) is 11.4. The van der Waals surface area contributed by atoms with Gasteiger partial charge in [0.25, 0.3) is 5.91 Å². The highest BCUT2D eigenvalue weighted by Gasteiger charge is 2.27. The molecule has 6 nitrogen and oxygen atoms in total. The predicted molar refractivity (Wildman–Crippen MR) is 115 cm³/mol. The van der Waals surface area contributed by atoms with Gasteiger partial charge in [0.2, 0.25) is 0 Å². The average Bonchev–Trinajstić information content (AvgIpc) is 2.78. The maximum Gasteiger partial charge on any atom is 0.303 e. The Hall–Kier alpha value is -2.28. The zero-order chi connectivity index (χ0) is 22.2. The molecule has 2 aliphatic rings. The smallest absolute Gasteiger partial charge is 0.303 e. The van der Waals surface area contributed by atoms with Gasteiger partial charge in [-0.15, -0.1) is 0 Å². The molecule has 1 saturated heterocycles. The number of hydrogen-bond acceptors (Lipinski definition) is 5. The van der Waals surface area contributed by atoms with Crippen molar-refractivity contribution < 1.29 is 23.5 Å². The number of carbonyl (C=O) groups excluding carboxylic acids is 3. The average molecular weight is 433 g/mol. The van der Waals surface area contributed by atoms with Crippen molar-refractivity contribution in [1.82, 2.24) is 10.2 Å². The Morgan fingerprint density at radius 3 is 2.29 bits per heavy atom. The Morgan fingerprint density at radius 1 is 1.03 bits per heavy atom. The number of piperidine rings is 1. The van der Waals surface area contributed by atoms with Gasteiger partial charge in [0.05, 0.1) is 0 Å². The van der Waals surface area contributed by atoms with Crippen molar-refractivity contribution in [1.29, 1.82) is 0 Å². The maximum atomic E-state index is 13.1. The highest BCUT2D eigenvalue weighted by Crippen LogP contribution is 2.28. The van der Waals surface area contributed by atoms with Crippen LogP contribution in [-0.2, 0) is 14.3 Å². The van der Waals surface area contributed by atoms with Crippen LogP contribution in [0.3, 0.4) is 0 Å². The van der Waals surface area contributed by atoms with Crippen LogP contribution in [0.4, 0.5) is 4.39 Å². The molecular weight excluding hydrogens is 399 g/mol. The van der Waals surface area contributed by atoms with Gasteiger partial charge in [-0.2, -0.15) is 0 Å². The van der Waals surface area contributed by atoms with Crippen molar-refractivity contribution in [2.75, 3.05) is 26.2 Å². The molecule has 170 valence electrons. The van der Waals surface area contributed by atoms with Gasteiger partial charge in [0.1, 0.15) is 5.82 Å². The van der Waals surface area contributed by atoms with E-state index in [0.717, 1.165) is 64.6 Å². The molecule has 31 heavy (non-hydrogen) atoms. The summed E-state index contributed by atoms with van der Waals surface area (Å²) in [7, 11) is 0. The minimum Gasteiger partial charge on any atom is -0.456 e. The van der Waals surface area contributed by atoms with E-state index >= 15 is 0 Å². The largest absolute Gasteiger partial charge is 0.456 e. The van der Waals surface area contributed by atoms with E-state index in [4.69, 9.17) is 4.74 Å². The summed E-state index contributed by atoms with van der Waals surface area (Å²) in [5.41, 5.74) is 0.608. The van der Waals surface area contributed by atoms with Gasteiger partial charge >= 0.3 is 5.97 Å². The molecule has 0 spiro atoms. The fraction of sp³-hybridized carbons (Fsp3) is 0.625. The second kappa shape index (κ2) is 11.4. The number of ketones is 1. The maximum absolute atomic E-state index is 13.1. The van der Waals surface area contributed by atoms with Crippen molar-refractivity contribution >= 4 is 17.7 Å². The fourth-order valence-corrected chi connectivity index (χ4v) is 4.67. The molecule has 3 rings (SSSR count). The molecule has 1 aliphatic carbocycles. The van der Waals surface area contributed by atoms with Crippen LogP contribution in [-0.4, -0.2) is 54.8 Å². The van der Waals surface area contributed by atoms with Crippen LogP contribution >= 0.6 is 0 Å². The molecule has 1 saturated carbocycles. The van der Waals surface area contributed by atoms with Crippen LogP contribution in [0.15, 0.2) is 24.3 Å². The molecule has 2 fully saturated rings. The van der Waals surface area contributed by atoms with E-state index < -0.39 is 5.97 Å². The van der Waals surface area contributed by atoms with Crippen LogP contribution in [0.25, 0.3) is 0 Å². The lowest BCUT2D eigenvalue weighted by molar-refractivity contribution is -0.146. The molecule has 0 unspecified atom stereocenters. The monoisotopic (exact) mass is 432 g/mol. The summed E-state index contributed by atoms with van der Waals surface area (Å²) in [6.07, 6.45) is 6.98. The SMILES string of the molecule is CC(=O)OCC(=O)NC1CCC(CCN2CCC(C(=O)c3ccc(F)cc3)CC2)CC1. The summed E-state index contributed by atoms with van der Waals surface area (Å²) < 4.78 is 17.8. The number of Topliss-reactive ketones (excluding diaryl/α,β-unsaturated/α-hetero) is 1. The summed E-state index contributed by atoms with van der Waals surface area (Å²) in [5, 5.41) is 2.95. The number of carbonyl (C=O) groups is 3. The number of ether oxygens (including phenoxy) is 1. The molecule has 0 bridgehead atoms. The first kappa shape index (κ1) is 23.4. The summed E-state index contributed by atoms with van der Waals surface area (Å²) in [4.78, 5) is 37.6. The molecule has 7 heteroatoms. The third kappa shape index (κ3) is 7.42. The summed E-state index contributed by atoms with van der Waals surface area (Å²) in [6, 6.07) is 6.04. The lowest BCUT2D eigenvalue weighted by Crippen LogP contribution is -2.40. The van der Waals surface area contributed by atoms with Gasteiger partial charge < -0.3 is 15.0 Å². The summed E-state index contributed by atoms with van der Waals surface area (Å²) in [6.45, 7) is 4.00. The predicted octanol–water partition coefficient (Wildman–Crippen LogP) is 3.35. The van der Waals surface area contributed by atoms with E-state index in [9.17, 15) is 18.8 Å². The third-order valence-electron chi connectivity index (χ3n) is 6.56. The second-order valence-corrected chi connectivity index (χ2v) is 8.84. The van der Waals surface area contributed by atoms with Crippen LogP contribution in [0.5, 0.6) is 0 Å². The highest BCUT2D eigenvalue weighted by molar-refractivity contribution is 5.97. The molecule has 0 atom stereocenters. The molecule has 0 radical (unpaired) electrons. The topological polar surface area (TPSA) is 75.7 Å². The zero-order valence-electron chi connectivity index (χ0n) is 18.3. The van der Waals surface area contributed by atoms with Crippen molar-refractivity contribution in [3.05, 3.63) is 35.6 Å². The van der Waals surface area contributed by atoms with Crippen molar-refractivity contribution in [3.8, 4) is 0 Å². The van der Waals surface area contributed by atoms with Crippen LogP contribution in [0, 0.1) is 17.7 Å². The molecule has 1 heterocycles. The number of rotatable bonds is 8. The number of hydrogen-bond donors (Lipinski definition) is 1. The highest BCUT2D eigenvalue weighted by atomic mass is 19.1. The summed E-state index contributed by atoms with van der Waals surface area (Å²) >= 11 is 0.